The lowest BCUT2D eigenvalue weighted by molar-refractivity contribution is 0.508. The van der Waals surface area contributed by atoms with Gasteiger partial charge in [0.25, 0.3) is 0 Å². The maximum atomic E-state index is 13.4. The minimum absolute atomic E-state index is 0.0761. The van der Waals surface area contributed by atoms with Crippen molar-refractivity contribution < 1.29 is 4.39 Å². The lowest BCUT2D eigenvalue weighted by Gasteiger charge is -2.21. The van der Waals surface area contributed by atoms with E-state index in [0.717, 1.165) is 5.75 Å². The summed E-state index contributed by atoms with van der Waals surface area (Å²) in [5.41, 5.74) is 0.626. The number of nitrogens with one attached hydrogen (secondary N) is 1. The number of halogens is 3. The molecular formula is C12H16Cl2FNS. The fraction of sp³-hybridized carbons (Fsp3) is 0.500. The van der Waals surface area contributed by atoms with Gasteiger partial charge in [0.1, 0.15) is 5.82 Å². The lowest BCUT2D eigenvalue weighted by Crippen LogP contribution is -2.31. The quantitative estimate of drug-likeness (QED) is 0.801. The summed E-state index contributed by atoms with van der Waals surface area (Å²) in [4.78, 5) is 0. The largest absolute Gasteiger partial charge is 0.307 e. The summed E-state index contributed by atoms with van der Waals surface area (Å²) >= 11 is 13.8. The van der Waals surface area contributed by atoms with Crippen LogP contribution in [0.4, 0.5) is 4.39 Å². The van der Waals surface area contributed by atoms with Crippen molar-refractivity contribution in [2.24, 2.45) is 0 Å². The Morgan fingerprint density at radius 1 is 1.35 bits per heavy atom. The predicted molar refractivity (Wildman–Crippen MR) is 75.8 cm³/mol. The van der Waals surface area contributed by atoms with E-state index in [-0.39, 0.29) is 11.1 Å². The maximum absolute atomic E-state index is 13.4. The fourth-order valence-electron chi connectivity index (χ4n) is 1.75. The van der Waals surface area contributed by atoms with Gasteiger partial charge in [-0.2, -0.15) is 11.8 Å². The third-order valence-corrected chi connectivity index (χ3v) is 4.01. The number of thioether (sulfide) groups is 1. The fourth-order valence-corrected chi connectivity index (χ4v) is 3.04. The van der Waals surface area contributed by atoms with Crippen molar-refractivity contribution in [1.82, 2.24) is 5.32 Å². The second kappa shape index (κ2) is 6.83. The van der Waals surface area contributed by atoms with E-state index < -0.39 is 5.82 Å². The molecule has 0 saturated heterocycles. The molecule has 0 aromatic heterocycles. The molecule has 1 aromatic rings. The van der Waals surface area contributed by atoms with Crippen molar-refractivity contribution in [2.45, 2.75) is 25.9 Å². The zero-order valence-electron chi connectivity index (χ0n) is 10.1. The molecule has 96 valence electrons. The van der Waals surface area contributed by atoms with Crippen LogP contribution in [0, 0.1) is 5.82 Å². The van der Waals surface area contributed by atoms with Crippen LogP contribution in [0.1, 0.15) is 25.5 Å². The van der Waals surface area contributed by atoms with Gasteiger partial charge in [0.2, 0.25) is 0 Å². The first-order valence-corrected chi connectivity index (χ1v) is 7.50. The van der Waals surface area contributed by atoms with E-state index in [4.69, 9.17) is 23.2 Å². The number of rotatable bonds is 5. The summed E-state index contributed by atoms with van der Waals surface area (Å²) in [6, 6.07) is 3.06. The van der Waals surface area contributed by atoms with Crippen LogP contribution in [0.5, 0.6) is 0 Å². The van der Waals surface area contributed by atoms with Crippen LogP contribution >= 0.6 is 35.0 Å². The number of benzene rings is 1. The van der Waals surface area contributed by atoms with Crippen molar-refractivity contribution in [3.63, 3.8) is 0 Å². The smallest absolute Gasteiger partial charge is 0.142 e. The highest BCUT2D eigenvalue weighted by Crippen LogP contribution is 2.32. The Bertz CT molecular complexity index is 387. The molecule has 0 bridgehead atoms. The van der Waals surface area contributed by atoms with E-state index in [9.17, 15) is 4.39 Å². The first-order valence-electron chi connectivity index (χ1n) is 5.35. The van der Waals surface area contributed by atoms with Crippen LogP contribution in [0.2, 0.25) is 10.0 Å². The SMILES string of the molecule is CSCC(C)NC(C)c1c(Cl)ccc(F)c1Cl. The molecule has 0 radical (unpaired) electrons. The first-order chi connectivity index (χ1) is 7.97. The van der Waals surface area contributed by atoms with Gasteiger partial charge < -0.3 is 5.32 Å². The lowest BCUT2D eigenvalue weighted by atomic mass is 10.1. The van der Waals surface area contributed by atoms with Crippen molar-refractivity contribution in [1.29, 1.82) is 0 Å². The molecule has 0 amide bonds. The monoisotopic (exact) mass is 295 g/mol. The minimum Gasteiger partial charge on any atom is -0.307 e. The molecule has 1 aromatic carbocycles. The van der Waals surface area contributed by atoms with Crippen LogP contribution < -0.4 is 5.32 Å². The Morgan fingerprint density at radius 3 is 2.59 bits per heavy atom. The molecule has 1 N–H and O–H groups in total. The van der Waals surface area contributed by atoms with E-state index >= 15 is 0 Å². The zero-order valence-corrected chi connectivity index (χ0v) is 12.4. The second-order valence-corrected chi connectivity index (χ2v) is 5.70. The van der Waals surface area contributed by atoms with Crippen molar-refractivity contribution in [3.8, 4) is 0 Å². The Hall–Kier alpha value is 0.0400. The molecule has 0 aliphatic heterocycles. The Kier molecular flexibility index (Phi) is 6.07. The number of hydrogen-bond donors (Lipinski definition) is 1. The highest BCUT2D eigenvalue weighted by atomic mass is 35.5. The first kappa shape index (κ1) is 15.1. The van der Waals surface area contributed by atoms with Gasteiger partial charge in [-0.3, -0.25) is 0 Å². The van der Waals surface area contributed by atoms with E-state index in [1.54, 1.807) is 11.8 Å². The molecule has 17 heavy (non-hydrogen) atoms. The van der Waals surface area contributed by atoms with Crippen LogP contribution in [0.15, 0.2) is 12.1 Å². The van der Waals surface area contributed by atoms with Gasteiger partial charge in [0.15, 0.2) is 0 Å². The average molecular weight is 296 g/mol. The van der Waals surface area contributed by atoms with E-state index in [0.29, 0.717) is 16.6 Å². The van der Waals surface area contributed by atoms with E-state index in [1.165, 1.54) is 12.1 Å². The Labute approximate surface area is 116 Å². The molecule has 2 unspecified atom stereocenters. The molecule has 0 heterocycles. The van der Waals surface area contributed by atoms with Gasteiger partial charge in [-0.25, -0.2) is 4.39 Å². The van der Waals surface area contributed by atoms with Crippen molar-refractivity contribution >= 4 is 35.0 Å². The summed E-state index contributed by atoms with van der Waals surface area (Å²) in [5, 5.41) is 3.95. The summed E-state index contributed by atoms with van der Waals surface area (Å²) in [5.74, 6) is 0.548. The third-order valence-electron chi connectivity index (χ3n) is 2.46. The van der Waals surface area contributed by atoms with Gasteiger partial charge in [0.05, 0.1) is 5.02 Å². The molecule has 0 aliphatic rings. The van der Waals surface area contributed by atoms with Crippen LogP contribution in [0.3, 0.4) is 0 Å². The van der Waals surface area contributed by atoms with E-state index in [1.807, 2.05) is 13.2 Å². The van der Waals surface area contributed by atoms with Crippen LogP contribution in [-0.2, 0) is 0 Å². The van der Waals surface area contributed by atoms with Gasteiger partial charge in [-0.15, -0.1) is 0 Å². The summed E-state index contributed by atoms with van der Waals surface area (Å²) in [6.45, 7) is 4.01. The summed E-state index contributed by atoms with van der Waals surface area (Å²) < 4.78 is 13.4. The van der Waals surface area contributed by atoms with Crippen LogP contribution in [0.25, 0.3) is 0 Å². The standard InChI is InChI=1S/C12H16Cl2FNS/c1-7(6-17-3)16-8(2)11-9(13)4-5-10(15)12(11)14/h4-5,7-8,16H,6H2,1-3H3. The van der Waals surface area contributed by atoms with Crippen LogP contribution in [-0.4, -0.2) is 18.1 Å². The third kappa shape index (κ3) is 4.02. The molecule has 5 heteroatoms. The summed E-state index contributed by atoms with van der Waals surface area (Å²) in [6.07, 6.45) is 2.05. The Balaban J connectivity index is 2.88. The normalized spacial score (nSPS) is 14.7. The molecule has 2 atom stereocenters. The number of hydrogen-bond acceptors (Lipinski definition) is 2. The minimum atomic E-state index is -0.433. The highest BCUT2D eigenvalue weighted by molar-refractivity contribution is 7.98. The molecule has 1 rings (SSSR count). The molecule has 0 saturated carbocycles. The maximum Gasteiger partial charge on any atom is 0.142 e. The van der Waals surface area contributed by atoms with Gasteiger partial charge in [0, 0.05) is 28.4 Å². The predicted octanol–water partition coefficient (Wildman–Crippen LogP) is 4.53. The van der Waals surface area contributed by atoms with E-state index in [2.05, 4.69) is 12.2 Å². The zero-order chi connectivity index (χ0) is 13.0. The second-order valence-electron chi connectivity index (χ2n) is 4.00. The Morgan fingerprint density at radius 2 is 2.00 bits per heavy atom. The van der Waals surface area contributed by atoms with Crippen molar-refractivity contribution in [3.05, 3.63) is 33.6 Å². The highest BCUT2D eigenvalue weighted by Gasteiger charge is 2.18. The molecule has 1 nitrogen and oxygen atoms in total. The van der Waals surface area contributed by atoms with Gasteiger partial charge in [-0.05, 0) is 32.2 Å². The molecule has 0 fully saturated rings. The van der Waals surface area contributed by atoms with Gasteiger partial charge in [-0.1, -0.05) is 23.2 Å². The van der Waals surface area contributed by atoms with Gasteiger partial charge >= 0.3 is 0 Å². The molecule has 0 aliphatic carbocycles. The average Bonchev–Trinajstić information content (AvgIpc) is 2.24. The summed E-state index contributed by atoms with van der Waals surface area (Å²) in [7, 11) is 0. The van der Waals surface area contributed by atoms with Crippen molar-refractivity contribution in [2.75, 3.05) is 12.0 Å². The molecule has 0 spiro atoms. The topological polar surface area (TPSA) is 12.0 Å². The molecular weight excluding hydrogens is 280 g/mol.